The number of hydrogen-bond acceptors (Lipinski definition) is 3. The highest BCUT2D eigenvalue weighted by atomic mass is 32.1. The highest BCUT2D eigenvalue weighted by molar-refractivity contribution is 7.82. The minimum absolute atomic E-state index is 0.120. The molecular formula is C18H16N2OS. The molecule has 110 valence electrons. The first-order chi connectivity index (χ1) is 10.5. The Morgan fingerprint density at radius 3 is 2.14 bits per heavy atom. The number of aliphatic imine (C=N–C) groups is 1. The predicted octanol–water partition coefficient (Wildman–Crippen LogP) is 3.70. The van der Waals surface area contributed by atoms with Crippen LogP contribution in [0.2, 0.25) is 0 Å². The van der Waals surface area contributed by atoms with Gasteiger partial charge in [-0.05, 0) is 26.0 Å². The maximum absolute atomic E-state index is 12.8. The Kier molecular flexibility index (Phi) is 3.62. The first kappa shape index (κ1) is 14.6. The molecule has 22 heavy (non-hydrogen) atoms. The average molecular weight is 308 g/mol. The molecule has 3 nitrogen and oxygen atoms in total. The first-order valence-electron chi connectivity index (χ1n) is 7.10. The van der Waals surface area contributed by atoms with Crippen molar-refractivity contribution in [2.75, 3.05) is 0 Å². The molecule has 4 heteroatoms. The lowest BCUT2D eigenvalue weighted by Gasteiger charge is -2.29. The molecule has 0 bridgehead atoms. The zero-order chi connectivity index (χ0) is 15.7. The SMILES string of the molecule is CC1(C)N=C(c2ccccc2)C(=S)N1C(=O)c1ccccc1. The summed E-state index contributed by atoms with van der Waals surface area (Å²) in [5.41, 5.74) is 1.56. The van der Waals surface area contributed by atoms with Gasteiger partial charge in [0.2, 0.25) is 0 Å². The second-order valence-electron chi connectivity index (χ2n) is 5.63. The quantitative estimate of drug-likeness (QED) is 0.793. The lowest BCUT2D eigenvalue weighted by molar-refractivity contribution is 0.0758. The Labute approximate surface area is 135 Å². The molecule has 0 aromatic heterocycles. The maximum Gasteiger partial charge on any atom is 0.260 e. The van der Waals surface area contributed by atoms with Crippen LogP contribution in [0.25, 0.3) is 0 Å². The number of hydrogen-bond donors (Lipinski definition) is 0. The van der Waals surface area contributed by atoms with Crippen molar-refractivity contribution in [3.05, 3.63) is 71.8 Å². The summed E-state index contributed by atoms with van der Waals surface area (Å²) in [4.78, 5) is 19.6. The molecule has 1 aliphatic heterocycles. The minimum Gasteiger partial charge on any atom is -0.272 e. The van der Waals surface area contributed by atoms with Crippen molar-refractivity contribution in [1.29, 1.82) is 0 Å². The fourth-order valence-electron chi connectivity index (χ4n) is 2.56. The van der Waals surface area contributed by atoms with Gasteiger partial charge >= 0.3 is 0 Å². The Balaban J connectivity index is 1.99. The van der Waals surface area contributed by atoms with Gasteiger partial charge in [-0.15, -0.1) is 0 Å². The van der Waals surface area contributed by atoms with Crippen LogP contribution >= 0.6 is 12.2 Å². The average Bonchev–Trinajstić information content (AvgIpc) is 2.78. The summed E-state index contributed by atoms with van der Waals surface area (Å²) < 4.78 is 0. The second-order valence-corrected chi connectivity index (χ2v) is 6.02. The van der Waals surface area contributed by atoms with Crippen LogP contribution in [0.5, 0.6) is 0 Å². The topological polar surface area (TPSA) is 32.7 Å². The van der Waals surface area contributed by atoms with E-state index in [0.717, 1.165) is 5.56 Å². The molecule has 2 aromatic rings. The fourth-order valence-corrected chi connectivity index (χ4v) is 3.03. The van der Waals surface area contributed by atoms with Crippen molar-refractivity contribution in [3.8, 4) is 0 Å². The highest BCUT2D eigenvalue weighted by Gasteiger charge is 2.41. The Hall–Kier alpha value is -2.33. The first-order valence-corrected chi connectivity index (χ1v) is 7.51. The molecule has 0 unspecified atom stereocenters. The lowest BCUT2D eigenvalue weighted by Crippen LogP contribution is -2.46. The number of carbonyl (C=O) groups excluding carboxylic acids is 1. The molecule has 1 heterocycles. The fraction of sp³-hybridized carbons (Fsp3) is 0.167. The van der Waals surface area contributed by atoms with Gasteiger partial charge in [-0.1, -0.05) is 60.7 Å². The molecule has 0 spiro atoms. The monoisotopic (exact) mass is 308 g/mol. The summed E-state index contributed by atoms with van der Waals surface area (Å²) in [5, 5.41) is 0. The molecule has 0 fully saturated rings. The largest absolute Gasteiger partial charge is 0.272 e. The van der Waals surface area contributed by atoms with E-state index in [-0.39, 0.29) is 5.91 Å². The second kappa shape index (κ2) is 5.46. The van der Waals surface area contributed by atoms with Crippen molar-refractivity contribution >= 4 is 28.8 Å². The standard InChI is InChI=1S/C18H16N2OS/c1-18(2)19-15(13-9-5-3-6-10-13)17(22)20(18)16(21)14-11-7-4-8-12-14/h3-12H,1-2H3. The van der Waals surface area contributed by atoms with Gasteiger partial charge in [-0.2, -0.15) is 0 Å². The summed E-state index contributed by atoms with van der Waals surface area (Å²) in [6.45, 7) is 3.80. The van der Waals surface area contributed by atoms with E-state index in [1.54, 1.807) is 17.0 Å². The summed E-state index contributed by atoms with van der Waals surface area (Å²) in [6, 6.07) is 18.9. The molecule has 1 amide bonds. The summed E-state index contributed by atoms with van der Waals surface area (Å²) in [7, 11) is 0. The van der Waals surface area contributed by atoms with E-state index in [9.17, 15) is 4.79 Å². The van der Waals surface area contributed by atoms with Crippen molar-refractivity contribution in [1.82, 2.24) is 4.90 Å². The van der Waals surface area contributed by atoms with E-state index in [1.807, 2.05) is 62.4 Å². The lowest BCUT2D eigenvalue weighted by atomic mass is 10.1. The predicted molar refractivity (Wildman–Crippen MR) is 92.3 cm³/mol. The van der Waals surface area contributed by atoms with Crippen LogP contribution in [-0.4, -0.2) is 27.2 Å². The number of amides is 1. The minimum atomic E-state index is -0.685. The third-order valence-corrected chi connectivity index (χ3v) is 3.99. The van der Waals surface area contributed by atoms with E-state index in [2.05, 4.69) is 4.99 Å². The van der Waals surface area contributed by atoms with Gasteiger partial charge in [0.05, 0.1) is 0 Å². The van der Waals surface area contributed by atoms with Crippen molar-refractivity contribution in [2.45, 2.75) is 19.5 Å². The van der Waals surface area contributed by atoms with Crippen LogP contribution in [0.3, 0.4) is 0 Å². The number of thiocarbonyl (C=S) groups is 1. The molecule has 0 saturated heterocycles. The van der Waals surface area contributed by atoms with E-state index in [0.29, 0.717) is 16.3 Å². The van der Waals surface area contributed by atoms with Gasteiger partial charge < -0.3 is 0 Å². The molecule has 3 rings (SSSR count). The van der Waals surface area contributed by atoms with Gasteiger partial charge in [0.1, 0.15) is 16.4 Å². The maximum atomic E-state index is 12.8. The molecule has 0 aliphatic carbocycles. The molecule has 0 N–H and O–H groups in total. The Bertz CT molecular complexity index is 751. The molecule has 2 aromatic carbocycles. The number of nitrogens with zero attached hydrogens (tertiary/aromatic N) is 2. The third kappa shape index (κ3) is 2.46. The number of benzene rings is 2. The van der Waals surface area contributed by atoms with Crippen molar-refractivity contribution < 1.29 is 4.79 Å². The van der Waals surface area contributed by atoms with Gasteiger partial charge in [0.15, 0.2) is 0 Å². The van der Waals surface area contributed by atoms with Gasteiger partial charge in [-0.25, -0.2) is 0 Å². The molecule has 0 saturated carbocycles. The molecule has 1 aliphatic rings. The third-order valence-electron chi connectivity index (χ3n) is 3.61. The zero-order valence-electron chi connectivity index (χ0n) is 12.5. The van der Waals surface area contributed by atoms with E-state index < -0.39 is 5.66 Å². The normalized spacial score (nSPS) is 16.5. The van der Waals surface area contributed by atoms with Crippen LogP contribution in [-0.2, 0) is 0 Å². The highest BCUT2D eigenvalue weighted by Crippen LogP contribution is 2.29. The number of carbonyl (C=O) groups is 1. The van der Waals surface area contributed by atoms with E-state index >= 15 is 0 Å². The summed E-state index contributed by atoms with van der Waals surface area (Å²) in [6.07, 6.45) is 0. The Morgan fingerprint density at radius 2 is 1.55 bits per heavy atom. The van der Waals surface area contributed by atoms with E-state index in [1.165, 1.54) is 0 Å². The Morgan fingerprint density at radius 1 is 1.00 bits per heavy atom. The summed E-state index contributed by atoms with van der Waals surface area (Å²) >= 11 is 5.54. The van der Waals surface area contributed by atoms with Gasteiger partial charge in [0.25, 0.3) is 5.91 Å². The zero-order valence-corrected chi connectivity index (χ0v) is 13.3. The van der Waals surface area contributed by atoms with Crippen LogP contribution in [0.4, 0.5) is 0 Å². The van der Waals surface area contributed by atoms with Crippen LogP contribution in [0.15, 0.2) is 65.7 Å². The van der Waals surface area contributed by atoms with Gasteiger partial charge in [0, 0.05) is 11.1 Å². The molecule has 0 atom stereocenters. The number of rotatable bonds is 2. The molecule has 0 radical (unpaired) electrons. The smallest absolute Gasteiger partial charge is 0.260 e. The van der Waals surface area contributed by atoms with Gasteiger partial charge in [-0.3, -0.25) is 14.7 Å². The molecular weight excluding hydrogens is 292 g/mol. The van der Waals surface area contributed by atoms with Crippen LogP contribution < -0.4 is 0 Å². The summed E-state index contributed by atoms with van der Waals surface area (Å²) in [5.74, 6) is -0.120. The van der Waals surface area contributed by atoms with Crippen molar-refractivity contribution in [3.63, 3.8) is 0 Å². The van der Waals surface area contributed by atoms with E-state index in [4.69, 9.17) is 12.2 Å². The van der Waals surface area contributed by atoms with Crippen molar-refractivity contribution in [2.24, 2.45) is 4.99 Å². The van der Waals surface area contributed by atoms with Crippen LogP contribution in [0, 0.1) is 0 Å². The van der Waals surface area contributed by atoms with Crippen LogP contribution in [0.1, 0.15) is 29.8 Å².